The Balaban J connectivity index is 2.95. The van der Waals surface area contributed by atoms with Crippen LogP contribution in [0, 0.1) is 0 Å². The Morgan fingerprint density at radius 3 is 2.69 bits per heavy atom. The van der Waals surface area contributed by atoms with Gasteiger partial charge in [-0.2, -0.15) is 13.2 Å². The lowest BCUT2D eigenvalue weighted by Crippen LogP contribution is -2.20. The first-order valence-electron chi connectivity index (χ1n) is 4.44. The Morgan fingerprint density at radius 2 is 2.25 bits per heavy atom. The third-order valence-corrected chi connectivity index (χ3v) is 1.61. The zero-order valence-corrected chi connectivity index (χ0v) is 8.38. The van der Waals surface area contributed by atoms with Crippen LogP contribution in [0.5, 0.6) is 0 Å². The predicted molar refractivity (Wildman–Crippen MR) is 49.4 cm³/mol. The molecule has 6 heteroatoms. The summed E-state index contributed by atoms with van der Waals surface area (Å²) < 4.78 is 45.8. The van der Waals surface area contributed by atoms with Crippen molar-refractivity contribution < 1.29 is 27.1 Å². The molecule has 0 saturated carbocycles. The average Bonchev–Trinajstić information content (AvgIpc) is 2.68. The molecule has 1 rings (SSSR count). The molecule has 0 radical (unpaired) electrons. The molecule has 0 N–H and O–H groups in total. The quantitative estimate of drug-likeness (QED) is 0.594. The number of hydrogen-bond acceptors (Lipinski definition) is 3. The molecule has 0 aromatic carbocycles. The highest BCUT2D eigenvalue weighted by Gasteiger charge is 2.37. The van der Waals surface area contributed by atoms with Crippen LogP contribution in [0.3, 0.4) is 0 Å². The van der Waals surface area contributed by atoms with Gasteiger partial charge in [-0.1, -0.05) is 0 Å². The van der Waals surface area contributed by atoms with Crippen LogP contribution >= 0.6 is 0 Å². The minimum Gasteiger partial charge on any atom is -0.490 e. The Kier molecular flexibility index (Phi) is 3.76. The normalized spacial score (nSPS) is 12.6. The Labute approximate surface area is 89.5 Å². The van der Waals surface area contributed by atoms with Crippen LogP contribution in [0.15, 0.2) is 28.9 Å². The highest BCUT2D eigenvalue weighted by Crippen LogP contribution is 2.22. The molecule has 0 atom stereocenters. The van der Waals surface area contributed by atoms with Crippen LogP contribution in [0.2, 0.25) is 0 Å². The predicted octanol–water partition coefficient (Wildman–Crippen LogP) is 2.79. The summed E-state index contributed by atoms with van der Waals surface area (Å²) >= 11 is 0. The molecular formula is C10H9F3O3. The molecule has 0 aliphatic heterocycles. The molecule has 1 aromatic rings. The highest BCUT2D eigenvalue weighted by molar-refractivity contribution is 5.99. The van der Waals surface area contributed by atoms with Crippen molar-refractivity contribution in [1.82, 2.24) is 0 Å². The Bertz CT molecular complexity index is 377. The molecule has 0 aliphatic carbocycles. The summed E-state index contributed by atoms with van der Waals surface area (Å²) in [5, 5.41) is 0. The molecule has 1 aromatic heterocycles. The monoisotopic (exact) mass is 234 g/mol. The van der Waals surface area contributed by atoms with Gasteiger partial charge in [-0.05, 0) is 19.1 Å². The molecule has 88 valence electrons. The van der Waals surface area contributed by atoms with Crippen LogP contribution in [-0.2, 0) is 9.53 Å². The topological polar surface area (TPSA) is 39.4 Å². The largest absolute Gasteiger partial charge is 0.490 e. The van der Waals surface area contributed by atoms with Crippen molar-refractivity contribution in [2.45, 2.75) is 13.1 Å². The van der Waals surface area contributed by atoms with Crippen molar-refractivity contribution in [3.05, 3.63) is 30.2 Å². The van der Waals surface area contributed by atoms with Crippen LogP contribution < -0.4 is 0 Å². The van der Waals surface area contributed by atoms with E-state index in [9.17, 15) is 18.0 Å². The van der Waals surface area contributed by atoms with Gasteiger partial charge in [-0.15, -0.1) is 0 Å². The van der Waals surface area contributed by atoms with Crippen LogP contribution in [-0.4, -0.2) is 18.6 Å². The van der Waals surface area contributed by atoms with Gasteiger partial charge >= 0.3 is 6.18 Å². The zero-order chi connectivity index (χ0) is 12.2. The molecule has 0 unspecified atom stereocenters. The molecule has 16 heavy (non-hydrogen) atoms. The molecule has 3 nitrogen and oxygen atoms in total. The molecule has 0 saturated heterocycles. The fourth-order valence-corrected chi connectivity index (χ4v) is 0.959. The van der Waals surface area contributed by atoms with E-state index in [-0.39, 0.29) is 18.1 Å². The number of carbonyl (C=O) groups is 1. The summed E-state index contributed by atoms with van der Waals surface area (Å²) in [7, 11) is 0. The maximum absolute atomic E-state index is 12.0. The molecule has 0 spiro atoms. The van der Waals surface area contributed by atoms with Gasteiger partial charge in [-0.3, -0.25) is 4.79 Å². The van der Waals surface area contributed by atoms with Gasteiger partial charge in [0.2, 0.25) is 0 Å². The third-order valence-electron chi connectivity index (χ3n) is 1.61. The lowest BCUT2D eigenvalue weighted by Gasteiger charge is -2.06. The van der Waals surface area contributed by atoms with E-state index in [0.29, 0.717) is 6.08 Å². The fourth-order valence-electron chi connectivity index (χ4n) is 0.959. The average molecular weight is 234 g/mol. The molecule has 0 aliphatic rings. The number of hydrogen-bond donors (Lipinski definition) is 0. The van der Waals surface area contributed by atoms with Gasteiger partial charge in [0.05, 0.1) is 12.9 Å². The summed E-state index contributed by atoms with van der Waals surface area (Å²) in [6.45, 7) is 1.73. The Hall–Kier alpha value is -1.72. The second-order valence-corrected chi connectivity index (χ2v) is 2.78. The number of rotatable bonds is 4. The molecule has 0 bridgehead atoms. The number of ether oxygens (including phenoxy) is 1. The first kappa shape index (κ1) is 12.4. The lowest BCUT2D eigenvalue weighted by atomic mass is 10.3. The van der Waals surface area contributed by atoms with E-state index in [1.165, 1.54) is 18.4 Å². The zero-order valence-electron chi connectivity index (χ0n) is 8.38. The van der Waals surface area contributed by atoms with Crippen LogP contribution in [0.1, 0.15) is 12.7 Å². The first-order chi connectivity index (χ1) is 7.45. The van der Waals surface area contributed by atoms with E-state index < -0.39 is 12.0 Å². The maximum atomic E-state index is 12.0. The summed E-state index contributed by atoms with van der Waals surface area (Å²) in [6.07, 6.45) is -3.25. The molecule has 0 fully saturated rings. The van der Waals surface area contributed by atoms with Crippen molar-refractivity contribution in [3.8, 4) is 0 Å². The van der Waals surface area contributed by atoms with E-state index in [1.807, 2.05) is 0 Å². The van der Waals surface area contributed by atoms with E-state index in [0.717, 1.165) is 0 Å². The maximum Gasteiger partial charge on any atom is 0.454 e. The SMILES string of the molecule is CCO/C(=C\C(=O)C(F)(F)F)c1ccco1. The van der Waals surface area contributed by atoms with Gasteiger partial charge in [0.1, 0.15) is 0 Å². The van der Waals surface area contributed by atoms with Crippen molar-refractivity contribution in [2.75, 3.05) is 6.61 Å². The number of carbonyl (C=O) groups excluding carboxylic acids is 1. The van der Waals surface area contributed by atoms with Crippen molar-refractivity contribution in [3.63, 3.8) is 0 Å². The molecular weight excluding hydrogens is 225 g/mol. The molecule has 0 amide bonds. The highest BCUT2D eigenvalue weighted by atomic mass is 19.4. The second-order valence-electron chi connectivity index (χ2n) is 2.78. The smallest absolute Gasteiger partial charge is 0.454 e. The minimum atomic E-state index is -4.91. The number of allylic oxidation sites excluding steroid dienone is 1. The van der Waals surface area contributed by atoms with Crippen molar-refractivity contribution in [1.29, 1.82) is 0 Å². The first-order valence-corrected chi connectivity index (χ1v) is 4.44. The second kappa shape index (κ2) is 4.87. The van der Waals surface area contributed by atoms with Crippen LogP contribution in [0.25, 0.3) is 5.76 Å². The van der Waals surface area contributed by atoms with E-state index in [1.54, 1.807) is 6.92 Å². The summed E-state index contributed by atoms with van der Waals surface area (Å²) in [4.78, 5) is 10.7. The fraction of sp³-hybridized carbons (Fsp3) is 0.300. The van der Waals surface area contributed by atoms with Gasteiger partial charge in [0.15, 0.2) is 11.5 Å². The summed E-state index contributed by atoms with van der Waals surface area (Å²) in [5.74, 6) is -2.12. The van der Waals surface area contributed by atoms with Gasteiger partial charge in [0, 0.05) is 6.08 Å². The van der Waals surface area contributed by atoms with Gasteiger partial charge in [-0.25, -0.2) is 0 Å². The standard InChI is InChI=1S/C10H9F3O3/c1-2-15-8(7-4-3-5-16-7)6-9(14)10(11,12)13/h3-6H,2H2,1H3/b8-6-. The lowest BCUT2D eigenvalue weighted by molar-refractivity contribution is -0.165. The summed E-state index contributed by atoms with van der Waals surface area (Å²) in [6, 6.07) is 2.89. The Morgan fingerprint density at radius 1 is 1.56 bits per heavy atom. The molecule has 1 heterocycles. The number of ketones is 1. The van der Waals surface area contributed by atoms with Gasteiger partial charge in [0.25, 0.3) is 5.78 Å². The van der Waals surface area contributed by atoms with E-state index in [2.05, 4.69) is 0 Å². The third kappa shape index (κ3) is 3.15. The minimum absolute atomic E-state index is 0.0828. The van der Waals surface area contributed by atoms with Crippen LogP contribution in [0.4, 0.5) is 13.2 Å². The summed E-state index contributed by atoms with van der Waals surface area (Å²) in [5.41, 5.74) is 0. The van der Waals surface area contributed by atoms with Gasteiger partial charge < -0.3 is 9.15 Å². The number of furan rings is 1. The number of halogens is 3. The van der Waals surface area contributed by atoms with Crippen molar-refractivity contribution in [2.24, 2.45) is 0 Å². The van der Waals surface area contributed by atoms with Crippen molar-refractivity contribution >= 4 is 11.5 Å². The van der Waals surface area contributed by atoms with E-state index >= 15 is 0 Å². The van der Waals surface area contributed by atoms with E-state index in [4.69, 9.17) is 9.15 Å². The number of alkyl halides is 3.